The first-order valence-corrected chi connectivity index (χ1v) is 11.3. The third kappa shape index (κ3) is 6.47. The van der Waals surface area contributed by atoms with Crippen LogP contribution in [-0.4, -0.2) is 83.5 Å². The number of carbonyl (C=O) groups is 1. The Morgan fingerprint density at radius 3 is 2.19 bits per heavy atom. The molecule has 2 fully saturated rings. The van der Waals surface area contributed by atoms with Gasteiger partial charge in [0.05, 0.1) is 12.6 Å². The van der Waals surface area contributed by atoms with Gasteiger partial charge in [0.15, 0.2) is 5.96 Å². The summed E-state index contributed by atoms with van der Waals surface area (Å²) >= 11 is 0. The van der Waals surface area contributed by atoms with Crippen molar-refractivity contribution in [3.05, 3.63) is 28.8 Å². The molecule has 3 rings (SSSR count). The Morgan fingerprint density at radius 1 is 1.06 bits per heavy atom. The number of amides is 1. The lowest BCUT2D eigenvalue weighted by Crippen LogP contribution is -2.57. The van der Waals surface area contributed by atoms with Crippen LogP contribution >= 0.6 is 24.0 Å². The van der Waals surface area contributed by atoms with Gasteiger partial charge in [0.2, 0.25) is 5.91 Å². The van der Waals surface area contributed by atoms with Gasteiger partial charge < -0.3 is 20.2 Å². The maximum Gasteiger partial charge on any atom is 0.239 e. The van der Waals surface area contributed by atoms with Crippen LogP contribution in [0, 0.1) is 13.8 Å². The standard InChI is InChI=1S/C23H37N5O2.HI/c1-5-24-23(25-16-20-14-17(2)21(29)18(3)15-20)28-12-10-26(11-13-28)19(4)22(30)27-8-6-7-9-27;/h14-15,19,29H,5-13,16H2,1-4H3,(H,24,25);1H. The van der Waals surface area contributed by atoms with Gasteiger partial charge in [-0.3, -0.25) is 9.69 Å². The summed E-state index contributed by atoms with van der Waals surface area (Å²) in [7, 11) is 0. The van der Waals surface area contributed by atoms with Crippen LogP contribution < -0.4 is 5.32 Å². The van der Waals surface area contributed by atoms with E-state index < -0.39 is 0 Å². The first kappa shape index (κ1) is 25.7. The molecule has 2 aliphatic rings. The Bertz CT molecular complexity index is 748. The fraction of sp³-hybridized carbons (Fsp3) is 0.652. The fourth-order valence-electron chi connectivity index (χ4n) is 4.41. The zero-order valence-corrected chi connectivity index (χ0v) is 21.7. The molecule has 1 aromatic carbocycles. The normalized spacial score (nSPS) is 18.6. The van der Waals surface area contributed by atoms with E-state index in [1.165, 1.54) is 0 Å². The fourth-order valence-corrected chi connectivity index (χ4v) is 4.41. The van der Waals surface area contributed by atoms with E-state index >= 15 is 0 Å². The summed E-state index contributed by atoms with van der Waals surface area (Å²) < 4.78 is 0. The van der Waals surface area contributed by atoms with Crippen molar-refractivity contribution in [1.29, 1.82) is 0 Å². The number of hydrogen-bond acceptors (Lipinski definition) is 4. The molecule has 8 heteroatoms. The molecule has 1 atom stereocenters. The molecular formula is C23H38IN5O2. The first-order valence-electron chi connectivity index (χ1n) is 11.3. The molecule has 0 aromatic heterocycles. The third-order valence-electron chi connectivity index (χ3n) is 6.23. The number of hydrogen-bond donors (Lipinski definition) is 2. The van der Waals surface area contributed by atoms with Crippen LogP contribution in [0.4, 0.5) is 0 Å². The molecule has 1 aromatic rings. The average Bonchev–Trinajstić information content (AvgIpc) is 3.29. The molecule has 2 heterocycles. The van der Waals surface area contributed by atoms with Crippen LogP contribution in [0.25, 0.3) is 0 Å². The van der Waals surface area contributed by atoms with Crippen LogP contribution in [-0.2, 0) is 11.3 Å². The van der Waals surface area contributed by atoms with Gasteiger partial charge in [0.25, 0.3) is 0 Å². The van der Waals surface area contributed by atoms with Crippen LogP contribution in [0.2, 0.25) is 0 Å². The molecule has 0 saturated carbocycles. The third-order valence-corrected chi connectivity index (χ3v) is 6.23. The highest BCUT2D eigenvalue weighted by molar-refractivity contribution is 14.0. The number of nitrogens with one attached hydrogen (secondary N) is 1. The molecule has 1 amide bonds. The summed E-state index contributed by atoms with van der Waals surface area (Å²) in [6, 6.07) is 3.95. The van der Waals surface area contributed by atoms with Gasteiger partial charge in [-0.15, -0.1) is 24.0 Å². The number of rotatable bonds is 5. The highest BCUT2D eigenvalue weighted by atomic mass is 127. The van der Waals surface area contributed by atoms with Gasteiger partial charge >= 0.3 is 0 Å². The SMILES string of the molecule is CCNC(=NCc1cc(C)c(O)c(C)c1)N1CCN(C(C)C(=O)N2CCCC2)CC1.I. The van der Waals surface area contributed by atoms with E-state index in [0.29, 0.717) is 12.3 Å². The summed E-state index contributed by atoms with van der Waals surface area (Å²) in [6.07, 6.45) is 2.27. The van der Waals surface area contributed by atoms with Crippen molar-refractivity contribution in [3.63, 3.8) is 0 Å². The van der Waals surface area contributed by atoms with E-state index in [1.807, 2.05) is 37.8 Å². The second-order valence-electron chi connectivity index (χ2n) is 8.48. The van der Waals surface area contributed by atoms with Crippen molar-refractivity contribution in [1.82, 2.24) is 20.0 Å². The van der Waals surface area contributed by atoms with Gasteiger partial charge in [-0.25, -0.2) is 4.99 Å². The number of carbonyl (C=O) groups excluding carboxylic acids is 1. The van der Waals surface area contributed by atoms with Gasteiger partial charge in [-0.05, 0) is 57.2 Å². The van der Waals surface area contributed by atoms with E-state index in [0.717, 1.165) is 81.3 Å². The molecule has 31 heavy (non-hydrogen) atoms. The molecule has 1 unspecified atom stereocenters. The number of phenolic OH excluding ortho intramolecular Hbond substituents is 1. The zero-order chi connectivity index (χ0) is 21.7. The van der Waals surface area contributed by atoms with E-state index in [-0.39, 0.29) is 35.9 Å². The van der Waals surface area contributed by atoms with Crippen molar-refractivity contribution < 1.29 is 9.90 Å². The average molecular weight is 543 g/mol. The minimum absolute atomic E-state index is 0. The molecule has 2 aliphatic heterocycles. The van der Waals surface area contributed by atoms with Crippen LogP contribution in [0.5, 0.6) is 5.75 Å². The molecule has 0 aliphatic carbocycles. The summed E-state index contributed by atoms with van der Waals surface area (Å²) in [5.74, 6) is 1.56. The van der Waals surface area contributed by atoms with Gasteiger partial charge in [-0.1, -0.05) is 12.1 Å². The highest BCUT2D eigenvalue weighted by Crippen LogP contribution is 2.23. The number of piperazine rings is 1. The number of aliphatic imine (C=N–C) groups is 1. The van der Waals surface area contributed by atoms with Gasteiger partial charge in [0.1, 0.15) is 5.75 Å². The Kier molecular flexibility index (Phi) is 9.87. The van der Waals surface area contributed by atoms with E-state index in [4.69, 9.17) is 4.99 Å². The van der Waals surface area contributed by atoms with Crippen molar-refractivity contribution in [2.75, 3.05) is 45.8 Å². The number of aryl methyl sites for hydroxylation is 2. The molecule has 0 radical (unpaired) electrons. The molecule has 7 nitrogen and oxygen atoms in total. The predicted octanol–water partition coefficient (Wildman–Crippen LogP) is 2.72. The second kappa shape index (κ2) is 11.9. The lowest BCUT2D eigenvalue weighted by Gasteiger charge is -2.39. The molecule has 174 valence electrons. The highest BCUT2D eigenvalue weighted by Gasteiger charge is 2.30. The lowest BCUT2D eigenvalue weighted by atomic mass is 10.1. The van der Waals surface area contributed by atoms with Gasteiger partial charge in [0, 0.05) is 45.8 Å². The number of benzene rings is 1. The van der Waals surface area contributed by atoms with Crippen molar-refractivity contribution >= 4 is 35.8 Å². The smallest absolute Gasteiger partial charge is 0.239 e. The number of aromatic hydroxyl groups is 1. The predicted molar refractivity (Wildman–Crippen MR) is 136 cm³/mol. The molecule has 2 saturated heterocycles. The maximum atomic E-state index is 12.7. The quantitative estimate of drug-likeness (QED) is 0.340. The summed E-state index contributed by atoms with van der Waals surface area (Å²) in [4.78, 5) is 24.2. The van der Waals surface area contributed by atoms with Crippen molar-refractivity contribution in [3.8, 4) is 5.75 Å². The Balaban J connectivity index is 0.00000341. The summed E-state index contributed by atoms with van der Waals surface area (Å²) in [5, 5.41) is 13.4. The van der Waals surface area contributed by atoms with Crippen molar-refractivity contribution in [2.24, 2.45) is 4.99 Å². The largest absolute Gasteiger partial charge is 0.507 e. The van der Waals surface area contributed by atoms with Crippen molar-refractivity contribution in [2.45, 2.75) is 53.1 Å². The summed E-state index contributed by atoms with van der Waals surface area (Å²) in [6.45, 7) is 14.6. The topological polar surface area (TPSA) is 71.4 Å². The van der Waals surface area contributed by atoms with Gasteiger partial charge in [-0.2, -0.15) is 0 Å². The second-order valence-corrected chi connectivity index (χ2v) is 8.48. The van der Waals surface area contributed by atoms with E-state index in [2.05, 4.69) is 22.0 Å². The molecular weight excluding hydrogens is 505 g/mol. The lowest BCUT2D eigenvalue weighted by molar-refractivity contribution is -0.135. The Hall–Kier alpha value is -1.55. The molecule has 0 spiro atoms. The minimum Gasteiger partial charge on any atom is -0.507 e. The maximum absolute atomic E-state index is 12.7. The number of phenols is 1. The Labute approximate surface area is 203 Å². The van der Waals surface area contributed by atoms with Crippen LogP contribution in [0.15, 0.2) is 17.1 Å². The number of guanidine groups is 1. The minimum atomic E-state index is -0.0484. The van der Waals surface area contributed by atoms with E-state index in [1.54, 1.807) is 0 Å². The van der Waals surface area contributed by atoms with Crippen LogP contribution in [0.1, 0.15) is 43.4 Å². The van der Waals surface area contributed by atoms with E-state index in [9.17, 15) is 9.90 Å². The number of halogens is 1. The molecule has 0 bridgehead atoms. The summed E-state index contributed by atoms with van der Waals surface area (Å²) in [5.41, 5.74) is 2.87. The Morgan fingerprint density at radius 2 is 1.65 bits per heavy atom. The zero-order valence-electron chi connectivity index (χ0n) is 19.4. The number of nitrogens with zero attached hydrogens (tertiary/aromatic N) is 4. The monoisotopic (exact) mass is 543 g/mol. The molecule has 2 N–H and O–H groups in total. The first-order chi connectivity index (χ1) is 14.4. The number of likely N-dealkylation sites (tertiary alicyclic amines) is 1. The van der Waals surface area contributed by atoms with Crippen LogP contribution in [0.3, 0.4) is 0 Å².